The van der Waals surface area contributed by atoms with Gasteiger partial charge in [-0.25, -0.2) is 59.0 Å². The Hall–Kier alpha value is -8.84. The van der Waals surface area contributed by atoms with E-state index in [0.29, 0.717) is 69.0 Å². The number of alkyl halides is 11. The monoisotopic (exact) mass is 1590 g/mol. The van der Waals surface area contributed by atoms with E-state index in [1.54, 1.807) is 25.6 Å². The maximum Gasteiger partial charge on any atom is 0.490 e. The Kier molecular flexibility index (Phi) is 28.6. The number of methoxy groups -OCH3 is 1. The standard InChI is InChI=1S/C24H26F2N4O3S.C16H18F2N4O2S.C14H14F2N4O2S.C11H12BrF2N.C2HF3O2/c1-3-33-23(31)21-22(30(28-27-21)16-17-4-8-19(32-2)9-5-17)34-20-10-6-18(7-11-20)29-14-12-24(25,26)13-15-29;1-2-24-15(23)13-14(20-21-19-13)25-12-5-3-11(4-6-12)22-9-7-16(17,18)8-10-22;15-14(16)5-7-20(8-6-14)9-1-3-10(4-2-9)23-12-11(13(21)22)17-19-18-12;12-9-1-3-10(4-2-9)15-7-5-11(13,14)6-8-15;3-2(4,5)1(6)7/h4-11H,3,12-16H2,1-2H3;3-6H,2,7-10H2,1H3,(H,19,20,21);1-4H,5-8H2,(H,21,22)(H,17,18,19);1-4H,5-8H2;(H,6,7). The maximum absolute atomic E-state index is 13.5. The van der Waals surface area contributed by atoms with Crippen LogP contribution in [0.15, 0.2) is 156 Å². The van der Waals surface area contributed by atoms with E-state index in [2.05, 4.69) is 57.1 Å². The quantitative estimate of drug-likeness (QED) is 0.0459. The second-order valence-electron chi connectivity index (χ2n) is 23.4. The number of aromatic carboxylic acids is 1. The first-order valence-corrected chi connectivity index (χ1v) is 35.4. The minimum absolute atomic E-state index is 0.0386. The van der Waals surface area contributed by atoms with Crippen molar-refractivity contribution in [1.82, 2.24) is 45.8 Å². The number of carboxylic acid groups (broad SMARTS) is 2. The fraction of sp³-hybridized carbons (Fsp3) is 0.403. The molecule has 12 rings (SSSR count). The van der Waals surface area contributed by atoms with Gasteiger partial charge in [-0.3, -0.25) is 0 Å². The number of carbonyl (C=O) groups excluding carboxylic acids is 2. The molecule has 3 aromatic heterocycles. The van der Waals surface area contributed by atoms with Gasteiger partial charge >= 0.3 is 30.1 Å². The van der Waals surface area contributed by atoms with Gasteiger partial charge in [-0.15, -0.1) is 25.5 Å². The van der Waals surface area contributed by atoms with Crippen molar-refractivity contribution in [2.75, 3.05) is 92.3 Å². The molecule has 0 unspecified atom stereocenters. The number of halogens is 12. The molecule has 8 aromatic rings. The van der Waals surface area contributed by atoms with Crippen LogP contribution in [-0.4, -0.2) is 182 Å². The third-order valence-corrected chi connectivity index (χ3v) is 19.6. The van der Waals surface area contributed by atoms with Crippen LogP contribution in [0.4, 0.5) is 71.0 Å². The molecule has 4 N–H and O–H groups in total. The largest absolute Gasteiger partial charge is 0.497 e. The highest BCUT2D eigenvalue weighted by Gasteiger charge is 2.39. The van der Waals surface area contributed by atoms with E-state index in [-0.39, 0.29) is 86.7 Å². The molecular formula is C67H71BrF11N13O9S3. The smallest absolute Gasteiger partial charge is 0.490 e. The van der Waals surface area contributed by atoms with E-state index in [0.717, 1.165) is 53.2 Å². The molecule has 0 radical (unpaired) electrons. The van der Waals surface area contributed by atoms with E-state index in [9.17, 15) is 62.7 Å². The number of hydrogen-bond acceptors (Lipinski definition) is 20. The molecule has 0 saturated carbocycles. The van der Waals surface area contributed by atoms with Crippen LogP contribution in [0.2, 0.25) is 0 Å². The van der Waals surface area contributed by atoms with Crippen LogP contribution in [0, 0.1) is 0 Å². The number of anilines is 4. The average molecular weight is 1590 g/mol. The predicted octanol–water partition coefficient (Wildman–Crippen LogP) is 15.5. The van der Waals surface area contributed by atoms with Crippen LogP contribution in [0.5, 0.6) is 5.75 Å². The molecule has 37 heteroatoms. The van der Waals surface area contributed by atoms with Gasteiger partial charge in [0.2, 0.25) is 17.1 Å². The van der Waals surface area contributed by atoms with Gasteiger partial charge in [-0.1, -0.05) is 68.6 Å². The number of H-pyrrole nitrogens is 2. The second kappa shape index (κ2) is 36.7. The number of aromatic amines is 2. The third kappa shape index (κ3) is 24.4. The average Bonchev–Trinajstić information content (AvgIpc) is 1.64. The summed E-state index contributed by atoms with van der Waals surface area (Å²) in [5, 5.41) is 45.6. The van der Waals surface area contributed by atoms with Crippen molar-refractivity contribution in [3.63, 3.8) is 0 Å². The Morgan fingerprint density at radius 3 is 1.15 bits per heavy atom. The summed E-state index contributed by atoms with van der Waals surface area (Å²) >= 11 is 7.17. The normalized spacial score (nSPS) is 16.5. The highest BCUT2D eigenvalue weighted by Crippen LogP contribution is 2.38. The summed E-state index contributed by atoms with van der Waals surface area (Å²) in [5.41, 5.74) is 4.85. The number of carbonyl (C=O) groups is 4. The molecule has 4 aliphatic heterocycles. The van der Waals surface area contributed by atoms with E-state index in [1.165, 1.54) is 35.3 Å². The predicted molar refractivity (Wildman–Crippen MR) is 369 cm³/mol. The van der Waals surface area contributed by atoms with Crippen LogP contribution >= 0.6 is 51.2 Å². The minimum atomic E-state index is -5.08. The molecule has 0 aliphatic carbocycles. The minimum Gasteiger partial charge on any atom is -0.497 e. The Labute approximate surface area is 610 Å². The summed E-state index contributed by atoms with van der Waals surface area (Å²) < 4.78 is 155. The second-order valence-corrected chi connectivity index (χ2v) is 27.5. The number of piperidine rings is 4. The summed E-state index contributed by atoms with van der Waals surface area (Å²) in [5.74, 6) is -14.4. The number of aromatic nitrogens is 9. The lowest BCUT2D eigenvalue weighted by Crippen LogP contribution is -2.39. The van der Waals surface area contributed by atoms with Gasteiger partial charge in [-0.05, 0) is 129 Å². The summed E-state index contributed by atoms with van der Waals surface area (Å²) in [6.07, 6.45) is -5.94. The Bertz CT molecular complexity index is 4050. The number of esters is 2. The number of rotatable bonds is 18. The first-order valence-electron chi connectivity index (χ1n) is 32.2. The van der Waals surface area contributed by atoms with Gasteiger partial charge in [0.1, 0.15) is 10.8 Å². The zero-order chi connectivity index (χ0) is 75.4. The van der Waals surface area contributed by atoms with Crippen LogP contribution < -0.4 is 24.3 Å². The van der Waals surface area contributed by atoms with Gasteiger partial charge < -0.3 is 44.0 Å². The Balaban J connectivity index is 0.000000175. The number of benzene rings is 5. The van der Waals surface area contributed by atoms with Crippen molar-refractivity contribution >= 4 is 97.8 Å². The van der Waals surface area contributed by atoms with E-state index < -0.39 is 53.7 Å². The number of aliphatic carboxylic acids is 1. The summed E-state index contributed by atoms with van der Waals surface area (Å²) in [6, 6.07) is 37.8. The fourth-order valence-corrected chi connectivity index (χ4v) is 13.1. The van der Waals surface area contributed by atoms with E-state index in [1.807, 2.05) is 141 Å². The SMILES string of the molecule is CCOC(=O)c1n[nH]nc1Sc1ccc(N2CCC(F)(F)CC2)cc1.CCOC(=O)c1nnn(Cc2ccc(OC)cc2)c1Sc1ccc(N2CCC(F)(F)CC2)cc1.FC1(F)CCN(c2ccc(Br)cc2)CC1.O=C(O)C(F)(F)F.O=C(O)c1n[nH]nc1Sc1ccc(N2CCC(F)(F)CC2)cc1. The molecule has 4 aliphatic rings. The molecule has 22 nitrogen and oxygen atoms in total. The van der Waals surface area contributed by atoms with Crippen LogP contribution in [0.1, 0.15) is 102 Å². The number of nitrogens with zero attached hydrogens (tertiary/aromatic N) is 11. The summed E-state index contributed by atoms with van der Waals surface area (Å²) in [6.45, 7) is 7.24. The van der Waals surface area contributed by atoms with Gasteiger partial charge in [-0.2, -0.15) is 23.6 Å². The molecular weight excluding hydrogens is 1520 g/mol. The van der Waals surface area contributed by atoms with Crippen molar-refractivity contribution in [1.29, 1.82) is 0 Å². The molecule has 0 amide bonds. The third-order valence-electron chi connectivity index (χ3n) is 16.0. The Morgan fingerprint density at radius 2 is 0.817 bits per heavy atom. The van der Waals surface area contributed by atoms with Gasteiger partial charge in [0.05, 0.1) is 26.9 Å². The lowest BCUT2D eigenvalue weighted by molar-refractivity contribution is -0.192. The number of nitrogens with one attached hydrogen (secondary N) is 2. The van der Waals surface area contributed by atoms with E-state index in [4.69, 9.17) is 29.2 Å². The molecule has 7 heterocycles. The molecule has 0 bridgehead atoms. The number of carboxylic acids is 2. The molecule has 0 atom stereocenters. The molecule has 0 spiro atoms. The summed E-state index contributed by atoms with van der Waals surface area (Å²) in [7, 11) is 1.61. The van der Waals surface area contributed by atoms with Crippen molar-refractivity contribution in [2.45, 2.75) is 131 Å². The highest BCUT2D eigenvalue weighted by atomic mass is 79.9. The molecule has 5 aromatic carbocycles. The van der Waals surface area contributed by atoms with Gasteiger partial charge in [0.15, 0.2) is 10.1 Å². The van der Waals surface area contributed by atoms with Crippen LogP contribution in [0.25, 0.3) is 0 Å². The van der Waals surface area contributed by atoms with Gasteiger partial charge in [0.25, 0.3) is 23.7 Å². The number of hydrogen-bond donors (Lipinski definition) is 4. The van der Waals surface area contributed by atoms with Crippen molar-refractivity contribution in [3.05, 3.63) is 148 Å². The zero-order valence-corrected chi connectivity index (χ0v) is 59.9. The first kappa shape index (κ1) is 80.8. The number of ether oxygens (including phenoxy) is 3. The Morgan fingerprint density at radius 1 is 0.490 bits per heavy atom. The molecule has 560 valence electrons. The molecule has 104 heavy (non-hydrogen) atoms. The lowest BCUT2D eigenvalue weighted by atomic mass is 10.1. The highest BCUT2D eigenvalue weighted by molar-refractivity contribution is 9.10. The maximum atomic E-state index is 13.5. The summed E-state index contributed by atoms with van der Waals surface area (Å²) in [4.78, 5) is 54.5. The van der Waals surface area contributed by atoms with Crippen molar-refractivity contribution in [2.24, 2.45) is 0 Å². The van der Waals surface area contributed by atoms with Gasteiger partial charge in [0, 0.05) is 146 Å². The molecule has 4 saturated heterocycles. The van der Waals surface area contributed by atoms with Crippen LogP contribution in [-0.2, 0) is 20.8 Å². The first-order chi connectivity index (χ1) is 49.3. The molecule has 4 fully saturated rings. The lowest BCUT2D eigenvalue weighted by Gasteiger charge is -2.33. The van der Waals surface area contributed by atoms with Crippen molar-refractivity contribution < 1.29 is 91.9 Å². The topological polar surface area (TPSA) is 263 Å². The zero-order valence-electron chi connectivity index (χ0n) is 55.9. The van der Waals surface area contributed by atoms with Crippen molar-refractivity contribution in [3.8, 4) is 5.75 Å². The van der Waals surface area contributed by atoms with Crippen LogP contribution in [0.3, 0.4) is 0 Å². The van der Waals surface area contributed by atoms with E-state index >= 15 is 0 Å². The fourth-order valence-electron chi connectivity index (χ4n) is 10.3.